The Bertz CT molecular complexity index is 350. The number of carbonyl (C=O) groups is 1. The molecule has 1 aliphatic heterocycles. The van der Waals surface area contributed by atoms with Gasteiger partial charge in [0.05, 0.1) is 13.2 Å². The monoisotopic (exact) mass is 255 g/mol. The zero-order valence-corrected chi connectivity index (χ0v) is 9.24. The van der Waals surface area contributed by atoms with Crippen molar-refractivity contribution in [1.29, 1.82) is 0 Å². The summed E-state index contributed by atoms with van der Waals surface area (Å²) in [5.41, 5.74) is 1.09. The van der Waals surface area contributed by atoms with Gasteiger partial charge in [0.15, 0.2) is 0 Å². The van der Waals surface area contributed by atoms with Gasteiger partial charge in [-0.1, -0.05) is 28.1 Å². The summed E-state index contributed by atoms with van der Waals surface area (Å²) in [6.07, 6.45) is 0. The molecule has 1 heterocycles. The number of nitrogens with one attached hydrogen (secondary N) is 1. The number of methoxy groups -OCH3 is 1. The van der Waals surface area contributed by atoms with Crippen molar-refractivity contribution in [2.75, 3.05) is 7.11 Å². The molecule has 0 spiro atoms. The Balaban J connectivity index is 2.14. The van der Waals surface area contributed by atoms with Crippen molar-refractivity contribution >= 4 is 21.8 Å². The molecule has 1 aromatic carbocycles. The first kappa shape index (κ1) is 9.52. The first-order chi connectivity index (χ1) is 6.72. The standard InChI is InChI=1S/C10H10BrNO2/c1-14-7-4-2-6(3-5-7)9-8(11)10(13)12-9/h2-5,8-9H,1H3,(H,12,13)/t8-,9-/m0/s1. The third-order valence-corrected chi connectivity index (χ3v) is 3.26. The van der Waals surface area contributed by atoms with Crippen LogP contribution in [0.3, 0.4) is 0 Å². The van der Waals surface area contributed by atoms with Gasteiger partial charge in [0.2, 0.25) is 5.91 Å². The largest absolute Gasteiger partial charge is 0.497 e. The van der Waals surface area contributed by atoms with E-state index < -0.39 is 0 Å². The third-order valence-electron chi connectivity index (χ3n) is 2.32. The predicted octanol–water partition coefficient (Wildman–Crippen LogP) is 1.63. The van der Waals surface area contributed by atoms with E-state index in [4.69, 9.17) is 4.74 Å². The summed E-state index contributed by atoms with van der Waals surface area (Å²) in [5.74, 6) is 0.872. The molecule has 2 rings (SSSR count). The summed E-state index contributed by atoms with van der Waals surface area (Å²) in [4.78, 5) is 10.9. The van der Waals surface area contributed by atoms with Crippen molar-refractivity contribution in [2.45, 2.75) is 10.9 Å². The normalized spacial score (nSPS) is 25.1. The number of carbonyl (C=O) groups excluding carboxylic acids is 1. The second kappa shape index (κ2) is 3.61. The van der Waals surface area contributed by atoms with Crippen LogP contribution in [-0.4, -0.2) is 17.8 Å². The van der Waals surface area contributed by atoms with Gasteiger partial charge in [0.1, 0.15) is 10.6 Å². The van der Waals surface area contributed by atoms with Crippen LogP contribution in [0.1, 0.15) is 11.6 Å². The summed E-state index contributed by atoms with van der Waals surface area (Å²) in [6, 6.07) is 7.78. The topological polar surface area (TPSA) is 38.3 Å². The van der Waals surface area contributed by atoms with Gasteiger partial charge >= 0.3 is 0 Å². The number of ether oxygens (including phenoxy) is 1. The lowest BCUT2D eigenvalue weighted by Gasteiger charge is -2.33. The average Bonchev–Trinajstić information content (AvgIpc) is 2.25. The lowest BCUT2D eigenvalue weighted by molar-refractivity contribution is -0.127. The molecule has 0 aliphatic carbocycles. The lowest BCUT2D eigenvalue weighted by atomic mass is 9.97. The van der Waals surface area contributed by atoms with Crippen molar-refractivity contribution < 1.29 is 9.53 Å². The molecule has 1 saturated heterocycles. The molecule has 0 saturated carbocycles. The van der Waals surface area contributed by atoms with Crippen molar-refractivity contribution in [1.82, 2.24) is 5.32 Å². The molecular formula is C10H10BrNO2. The number of amides is 1. The van der Waals surface area contributed by atoms with E-state index in [-0.39, 0.29) is 16.8 Å². The molecule has 0 bridgehead atoms. The molecule has 0 aromatic heterocycles. The molecule has 2 atom stereocenters. The molecule has 74 valence electrons. The van der Waals surface area contributed by atoms with Crippen LogP contribution in [0.4, 0.5) is 0 Å². The minimum absolute atomic E-state index is 0.0471. The van der Waals surface area contributed by atoms with E-state index in [1.54, 1.807) is 7.11 Å². The van der Waals surface area contributed by atoms with E-state index in [2.05, 4.69) is 21.2 Å². The first-order valence-corrected chi connectivity index (χ1v) is 5.22. The summed E-state index contributed by atoms with van der Waals surface area (Å²) >= 11 is 3.32. The summed E-state index contributed by atoms with van der Waals surface area (Å²) in [5, 5.41) is 2.82. The molecule has 14 heavy (non-hydrogen) atoms. The Morgan fingerprint density at radius 2 is 2.00 bits per heavy atom. The van der Waals surface area contributed by atoms with Crippen LogP contribution in [0.5, 0.6) is 5.75 Å². The Kier molecular flexibility index (Phi) is 2.46. The SMILES string of the molecule is COc1ccc([C@@H]2NC(=O)[C@H]2Br)cc1. The molecule has 3 nitrogen and oxygen atoms in total. The Morgan fingerprint density at radius 3 is 2.43 bits per heavy atom. The van der Waals surface area contributed by atoms with E-state index in [1.165, 1.54) is 0 Å². The highest BCUT2D eigenvalue weighted by Gasteiger charge is 2.37. The Hall–Kier alpha value is -1.03. The van der Waals surface area contributed by atoms with Crippen LogP contribution in [-0.2, 0) is 4.79 Å². The number of rotatable bonds is 2. The third kappa shape index (κ3) is 1.50. The molecule has 0 radical (unpaired) electrons. The van der Waals surface area contributed by atoms with Crippen molar-refractivity contribution in [3.05, 3.63) is 29.8 Å². The zero-order valence-electron chi connectivity index (χ0n) is 7.66. The zero-order chi connectivity index (χ0) is 10.1. The Morgan fingerprint density at radius 1 is 1.36 bits per heavy atom. The summed E-state index contributed by atoms with van der Waals surface area (Å²) in [7, 11) is 1.63. The van der Waals surface area contributed by atoms with Gasteiger partial charge in [-0.25, -0.2) is 0 Å². The smallest absolute Gasteiger partial charge is 0.236 e. The van der Waals surface area contributed by atoms with Crippen LogP contribution in [0.25, 0.3) is 0 Å². The van der Waals surface area contributed by atoms with E-state index in [9.17, 15) is 4.79 Å². The Labute approximate surface area is 90.6 Å². The van der Waals surface area contributed by atoms with Crippen LogP contribution in [0, 0.1) is 0 Å². The fourth-order valence-corrected chi connectivity index (χ4v) is 1.99. The minimum atomic E-state index is -0.101. The van der Waals surface area contributed by atoms with Crippen molar-refractivity contribution in [3.8, 4) is 5.75 Å². The molecule has 0 unspecified atom stereocenters. The van der Waals surface area contributed by atoms with E-state index >= 15 is 0 Å². The number of halogens is 1. The lowest BCUT2D eigenvalue weighted by Crippen LogP contribution is -2.52. The van der Waals surface area contributed by atoms with Crippen molar-refractivity contribution in [3.63, 3.8) is 0 Å². The molecule has 4 heteroatoms. The van der Waals surface area contributed by atoms with Crippen LogP contribution in [0.15, 0.2) is 24.3 Å². The van der Waals surface area contributed by atoms with Crippen LogP contribution < -0.4 is 10.1 Å². The maximum Gasteiger partial charge on any atom is 0.236 e. The fraction of sp³-hybridized carbons (Fsp3) is 0.300. The number of hydrogen-bond acceptors (Lipinski definition) is 2. The molecule has 1 aliphatic rings. The van der Waals surface area contributed by atoms with Gasteiger partial charge in [0, 0.05) is 0 Å². The number of β-lactam (4-membered cyclic amide) rings is 1. The van der Waals surface area contributed by atoms with Gasteiger partial charge in [0.25, 0.3) is 0 Å². The van der Waals surface area contributed by atoms with E-state index in [0.717, 1.165) is 11.3 Å². The van der Waals surface area contributed by atoms with E-state index in [0.29, 0.717) is 0 Å². The summed E-state index contributed by atoms with van der Waals surface area (Å²) in [6.45, 7) is 0. The van der Waals surface area contributed by atoms with Gasteiger partial charge in [-0.3, -0.25) is 4.79 Å². The maximum absolute atomic E-state index is 11.0. The van der Waals surface area contributed by atoms with Gasteiger partial charge in [-0.2, -0.15) is 0 Å². The van der Waals surface area contributed by atoms with Crippen LogP contribution >= 0.6 is 15.9 Å². The van der Waals surface area contributed by atoms with Gasteiger partial charge < -0.3 is 10.1 Å². The molecule has 1 aromatic rings. The molecular weight excluding hydrogens is 246 g/mol. The minimum Gasteiger partial charge on any atom is -0.497 e. The highest BCUT2D eigenvalue weighted by molar-refractivity contribution is 9.10. The van der Waals surface area contributed by atoms with Crippen LogP contribution in [0.2, 0.25) is 0 Å². The fourth-order valence-electron chi connectivity index (χ4n) is 1.42. The van der Waals surface area contributed by atoms with Gasteiger partial charge in [-0.15, -0.1) is 0 Å². The second-order valence-electron chi connectivity index (χ2n) is 3.16. The first-order valence-electron chi connectivity index (χ1n) is 4.31. The highest BCUT2D eigenvalue weighted by atomic mass is 79.9. The maximum atomic E-state index is 11.0. The quantitative estimate of drug-likeness (QED) is 0.645. The molecule has 1 amide bonds. The van der Waals surface area contributed by atoms with Crippen molar-refractivity contribution in [2.24, 2.45) is 0 Å². The highest BCUT2D eigenvalue weighted by Crippen LogP contribution is 2.30. The van der Waals surface area contributed by atoms with Gasteiger partial charge in [-0.05, 0) is 17.7 Å². The molecule has 1 N–H and O–H groups in total. The number of benzene rings is 1. The molecule has 1 fully saturated rings. The second-order valence-corrected chi connectivity index (χ2v) is 4.15. The predicted molar refractivity (Wildman–Crippen MR) is 56.6 cm³/mol. The van der Waals surface area contributed by atoms with E-state index in [1.807, 2.05) is 24.3 Å². The summed E-state index contributed by atoms with van der Waals surface area (Å²) < 4.78 is 5.05. The number of hydrogen-bond donors (Lipinski definition) is 1. The number of alkyl halides is 1. The average molecular weight is 256 g/mol.